The van der Waals surface area contributed by atoms with Crippen molar-refractivity contribution in [1.29, 1.82) is 0 Å². The standard InChI is InChI=1S/C16H29N5/c1-5-9-17-15-11-16(19-14(6-2)18-15)21(4)13-8-7-10-20(3)12-13/h11,13H,5-10,12H2,1-4H3,(H,17,18,19). The van der Waals surface area contributed by atoms with Crippen molar-refractivity contribution in [3.05, 3.63) is 11.9 Å². The van der Waals surface area contributed by atoms with Crippen molar-refractivity contribution in [3.8, 4) is 0 Å². The molecule has 0 saturated carbocycles. The van der Waals surface area contributed by atoms with E-state index in [-0.39, 0.29) is 0 Å². The number of piperidine rings is 1. The van der Waals surface area contributed by atoms with E-state index in [2.05, 4.69) is 54.1 Å². The molecule has 1 aliphatic rings. The van der Waals surface area contributed by atoms with Gasteiger partial charge in [-0.05, 0) is 32.9 Å². The summed E-state index contributed by atoms with van der Waals surface area (Å²) in [4.78, 5) is 14.0. The lowest BCUT2D eigenvalue weighted by molar-refractivity contribution is 0.247. The first kappa shape index (κ1) is 16.0. The minimum Gasteiger partial charge on any atom is -0.370 e. The molecule has 1 unspecified atom stereocenters. The molecular weight excluding hydrogens is 262 g/mol. The van der Waals surface area contributed by atoms with Crippen LogP contribution in [0.4, 0.5) is 11.6 Å². The Balaban J connectivity index is 2.16. The summed E-state index contributed by atoms with van der Waals surface area (Å²) < 4.78 is 0. The minimum absolute atomic E-state index is 0.544. The first-order valence-corrected chi connectivity index (χ1v) is 8.17. The van der Waals surface area contributed by atoms with Crippen LogP contribution in [0.5, 0.6) is 0 Å². The fraction of sp³-hybridized carbons (Fsp3) is 0.750. The normalized spacial score (nSPS) is 19.5. The van der Waals surface area contributed by atoms with Crippen LogP contribution in [0.3, 0.4) is 0 Å². The number of hydrogen-bond donors (Lipinski definition) is 1. The number of aryl methyl sites for hydroxylation is 1. The van der Waals surface area contributed by atoms with Gasteiger partial charge in [0.2, 0.25) is 0 Å². The highest BCUT2D eigenvalue weighted by Crippen LogP contribution is 2.21. The van der Waals surface area contributed by atoms with E-state index in [1.165, 1.54) is 19.4 Å². The highest BCUT2D eigenvalue weighted by atomic mass is 15.2. The van der Waals surface area contributed by atoms with Crippen molar-refractivity contribution >= 4 is 11.6 Å². The second kappa shape index (κ2) is 7.59. The third-order valence-electron chi connectivity index (χ3n) is 4.14. The number of nitrogens with one attached hydrogen (secondary N) is 1. The van der Waals surface area contributed by atoms with Gasteiger partial charge in [-0.15, -0.1) is 0 Å². The van der Waals surface area contributed by atoms with Gasteiger partial charge in [0.1, 0.15) is 17.5 Å². The van der Waals surface area contributed by atoms with E-state index >= 15 is 0 Å². The Hall–Kier alpha value is -1.36. The van der Waals surface area contributed by atoms with Crippen molar-refractivity contribution in [1.82, 2.24) is 14.9 Å². The number of hydrogen-bond acceptors (Lipinski definition) is 5. The van der Waals surface area contributed by atoms with E-state index < -0.39 is 0 Å². The molecular formula is C16H29N5. The fourth-order valence-corrected chi connectivity index (χ4v) is 2.81. The number of likely N-dealkylation sites (N-methyl/N-ethyl adjacent to an activating group) is 2. The van der Waals surface area contributed by atoms with E-state index in [1.54, 1.807) is 0 Å². The van der Waals surface area contributed by atoms with Gasteiger partial charge in [-0.1, -0.05) is 13.8 Å². The molecule has 1 aliphatic heterocycles. The quantitative estimate of drug-likeness (QED) is 0.872. The molecule has 0 aromatic carbocycles. The van der Waals surface area contributed by atoms with Crippen LogP contribution in [0.2, 0.25) is 0 Å². The Morgan fingerprint density at radius 2 is 2.19 bits per heavy atom. The molecule has 1 atom stereocenters. The number of nitrogens with zero attached hydrogens (tertiary/aromatic N) is 4. The highest BCUT2D eigenvalue weighted by Gasteiger charge is 2.22. The van der Waals surface area contributed by atoms with Crippen LogP contribution in [0, 0.1) is 0 Å². The molecule has 1 aromatic rings. The summed E-state index contributed by atoms with van der Waals surface area (Å²) in [6.45, 7) is 7.55. The SMILES string of the molecule is CCCNc1cc(N(C)C2CCCN(C)C2)nc(CC)n1. The van der Waals surface area contributed by atoms with Gasteiger partial charge in [0.25, 0.3) is 0 Å². The van der Waals surface area contributed by atoms with Crippen molar-refractivity contribution in [2.75, 3.05) is 43.9 Å². The van der Waals surface area contributed by atoms with Gasteiger partial charge < -0.3 is 15.1 Å². The lowest BCUT2D eigenvalue weighted by Gasteiger charge is -2.36. The summed E-state index contributed by atoms with van der Waals surface area (Å²) in [6, 6.07) is 2.63. The van der Waals surface area contributed by atoms with Gasteiger partial charge in [0.15, 0.2) is 0 Å². The summed E-state index contributed by atoms with van der Waals surface area (Å²) in [6.07, 6.45) is 4.47. The van der Waals surface area contributed by atoms with Gasteiger partial charge in [0.05, 0.1) is 0 Å². The first-order chi connectivity index (χ1) is 10.1. The molecule has 0 spiro atoms. The molecule has 1 fully saturated rings. The average Bonchev–Trinajstić information content (AvgIpc) is 2.51. The van der Waals surface area contributed by atoms with Gasteiger partial charge in [-0.2, -0.15) is 0 Å². The topological polar surface area (TPSA) is 44.3 Å². The van der Waals surface area contributed by atoms with E-state index in [1.807, 2.05) is 0 Å². The van der Waals surface area contributed by atoms with Crippen LogP contribution in [0.15, 0.2) is 6.07 Å². The second-order valence-corrected chi connectivity index (χ2v) is 5.98. The largest absolute Gasteiger partial charge is 0.370 e. The van der Waals surface area contributed by atoms with Crippen molar-refractivity contribution in [3.63, 3.8) is 0 Å². The van der Waals surface area contributed by atoms with E-state index in [9.17, 15) is 0 Å². The molecule has 5 heteroatoms. The molecule has 1 aromatic heterocycles. The summed E-state index contributed by atoms with van der Waals surface area (Å²) in [5.41, 5.74) is 0. The van der Waals surface area contributed by atoms with E-state index in [0.29, 0.717) is 6.04 Å². The molecule has 2 heterocycles. The third-order valence-corrected chi connectivity index (χ3v) is 4.14. The summed E-state index contributed by atoms with van der Waals surface area (Å²) in [5.74, 6) is 2.91. The monoisotopic (exact) mass is 291 g/mol. The molecule has 5 nitrogen and oxygen atoms in total. The zero-order chi connectivity index (χ0) is 15.2. The van der Waals surface area contributed by atoms with Crippen LogP contribution in [-0.2, 0) is 6.42 Å². The van der Waals surface area contributed by atoms with Gasteiger partial charge >= 0.3 is 0 Å². The van der Waals surface area contributed by atoms with E-state index in [0.717, 1.165) is 43.4 Å². The molecule has 118 valence electrons. The second-order valence-electron chi connectivity index (χ2n) is 5.98. The lowest BCUT2D eigenvalue weighted by Crippen LogP contribution is -2.45. The van der Waals surface area contributed by atoms with Crippen LogP contribution < -0.4 is 10.2 Å². The Labute approximate surface area is 128 Å². The molecule has 0 radical (unpaired) electrons. The van der Waals surface area contributed by atoms with Crippen LogP contribution in [0.1, 0.15) is 38.9 Å². The summed E-state index contributed by atoms with van der Waals surface area (Å²) >= 11 is 0. The zero-order valence-corrected chi connectivity index (χ0v) is 13.9. The highest BCUT2D eigenvalue weighted by molar-refractivity contribution is 5.49. The van der Waals surface area contributed by atoms with Gasteiger partial charge in [-0.3, -0.25) is 0 Å². The molecule has 2 rings (SSSR count). The molecule has 0 aliphatic carbocycles. The van der Waals surface area contributed by atoms with E-state index in [4.69, 9.17) is 4.98 Å². The smallest absolute Gasteiger partial charge is 0.134 e. The maximum Gasteiger partial charge on any atom is 0.134 e. The number of likely N-dealkylation sites (tertiary alicyclic amines) is 1. The average molecular weight is 291 g/mol. The number of anilines is 2. The molecule has 1 saturated heterocycles. The molecule has 1 N–H and O–H groups in total. The summed E-state index contributed by atoms with van der Waals surface area (Å²) in [7, 11) is 4.36. The van der Waals surface area contributed by atoms with Crippen LogP contribution in [0.25, 0.3) is 0 Å². The summed E-state index contributed by atoms with van der Waals surface area (Å²) in [5, 5.41) is 3.39. The lowest BCUT2D eigenvalue weighted by atomic mass is 10.1. The predicted molar refractivity (Wildman–Crippen MR) is 89.1 cm³/mol. The Kier molecular flexibility index (Phi) is 5.79. The van der Waals surface area contributed by atoms with Gasteiger partial charge in [0, 0.05) is 38.7 Å². The zero-order valence-electron chi connectivity index (χ0n) is 13.9. The van der Waals surface area contributed by atoms with Gasteiger partial charge in [-0.25, -0.2) is 9.97 Å². The first-order valence-electron chi connectivity index (χ1n) is 8.17. The van der Waals surface area contributed by atoms with Crippen molar-refractivity contribution in [2.24, 2.45) is 0 Å². The fourth-order valence-electron chi connectivity index (χ4n) is 2.81. The Bertz CT molecular complexity index is 448. The maximum atomic E-state index is 4.72. The van der Waals surface area contributed by atoms with Crippen molar-refractivity contribution in [2.45, 2.75) is 45.6 Å². The minimum atomic E-state index is 0.544. The Morgan fingerprint density at radius 1 is 1.38 bits per heavy atom. The maximum absolute atomic E-state index is 4.72. The number of aromatic nitrogens is 2. The van der Waals surface area contributed by atoms with Crippen LogP contribution in [-0.4, -0.2) is 54.6 Å². The molecule has 0 bridgehead atoms. The molecule has 21 heavy (non-hydrogen) atoms. The molecule has 0 amide bonds. The number of rotatable bonds is 6. The Morgan fingerprint density at radius 3 is 2.86 bits per heavy atom. The van der Waals surface area contributed by atoms with Crippen LogP contribution >= 0.6 is 0 Å². The predicted octanol–water partition coefficient (Wildman–Crippen LogP) is 2.39. The third kappa shape index (κ3) is 4.30. The van der Waals surface area contributed by atoms with Crippen molar-refractivity contribution < 1.29 is 0 Å².